The summed E-state index contributed by atoms with van der Waals surface area (Å²) in [5.41, 5.74) is 7.13. The van der Waals surface area contributed by atoms with Crippen molar-refractivity contribution in [3.05, 3.63) is 35.9 Å². The molecule has 2 rings (SSSR count). The van der Waals surface area contributed by atoms with Crippen LogP contribution in [0.1, 0.15) is 50.0 Å². The van der Waals surface area contributed by atoms with E-state index in [4.69, 9.17) is 5.73 Å². The fourth-order valence-corrected chi connectivity index (χ4v) is 2.99. The van der Waals surface area contributed by atoms with Crippen molar-refractivity contribution in [2.45, 2.75) is 44.4 Å². The molecule has 1 aromatic carbocycles. The molecule has 0 aliphatic heterocycles. The van der Waals surface area contributed by atoms with Crippen LogP contribution in [0.25, 0.3) is 0 Å². The maximum absolute atomic E-state index is 5.59. The van der Waals surface area contributed by atoms with E-state index in [0.29, 0.717) is 0 Å². The van der Waals surface area contributed by atoms with Crippen molar-refractivity contribution in [2.24, 2.45) is 11.7 Å². The predicted octanol–water partition coefficient (Wildman–Crippen LogP) is 3.70. The van der Waals surface area contributed by atoms with Crippen molar-refractivity contribution >= 4 is 0 Å². The van der Waals surface area contributed by atoms with Gasteiger partial charge in [0.05, 0.1) is 0 Å². The number of hydrogen-bond acceptors (Lipinski definition) is 1. The molecule has 2 unspecified atom stereocenters. The molecule has 0 bridgehead atoms. The third-order valence-electron chi connectivity index (χ3n) is 3.87. The van der Waals surface area contributed by atoms with Crippen LogP contribution in [0.3, 0.4) is 0 Å². The molecule has 16 heavy (non-hydrogen) atoms. The molecular weight excluding hydrogens is 194 g/mol. The van der Waals surface area contributed by atoms with E-state index in [9.17, 15) is 0 Å². The lowest BCUT2D eigenvalue weighted by molar-refractivity contribution is 0.302. The summed E-state index contributed by atoms with van der Waals surface area (Å²) in [5.74, 6) is 1.72. The van der Waals surface area contributed by atoms with E-state index < -0.39 is 0 Å². The molecule has 1 saturated carbocycles. The third-order valence-corrected chi connectivity index (χ3v) is 3.87. The van der Waals surface area contributed by atoms with Crippen LogP contribution < -0.4 is 5.73 Å². The summed E-state index contributed by atoms with van der Waals surface area (Å²) in [6, 6.07) is 11.0. The van der Waals surface area contributed by atoms with Crippen LogP contribution in [0.15, 0.2) is 30.3 Å². The molecule has 0 aromatic heterocycles. The Hall–Kier alpha value is -0.820. The molecular formula is C15H23N. The zero-order chi connectivity index (χ0) is 11.2. The number of benzene rings is 1. The average Bonchev–Trinajstić information content (AvgIpc) is 2.38. The molecule has 1 nitrogen and oxygen atoms in total. The van der Waals surface area contributed by atoms with Crippen molar-refractivity contribution in [3.63, 3.8) is 0 Å². The van der Waals surface area contributed by atoms with Gasteiger partial charge in [0.2, 0.25) is 0 Å². The Balaban J connectivity index is 1.91. The molecule has 1 aliphatic rings. The molecule has 0 saturated heterocycles. The maximum Gasteiger partial charge on any atom is -0.00772 e. The van der Waals surface area contributed by atoms with E-state index in [1.165, 1.54) is 38.5 Å². The summed E-state index contributed by atoms with van der Waals surface area (Å²) in [6.45, 7) is 0.854. The first-order valence-electron chi connectivity index (χ1n) is 6.65. The van der Waals surface area contributed by atoms with Crippen LogP contribution in [-0.2, 0) is 0 Å². The highest BCUT2D eigenvalue weighted by atomic mass is 14.5. The molecule has 2 atom stereocenters. The van der Waals surface area contributed by atoms with E-state index in [2.05, 4.69) is 30.3 Å². The summed E-state index contributed by atoms with van der Waals surface area (Å²) in [6.07, 6.45) is 8.11. The van der Waals surface area contributed by atoms with Gasteiger partial charge in [-0.3, -0.25) is 0 Å². The monoisotopic (exact) mass is 217 g/mol. The zero-order valence-corrected chi connectivity index (χ0v) is 10.1. The smallest absolute Gasteiger partial charge is 0.00772 e. The Kier molecular flexibility index (Phi) is 4.41. The second-order valence-electron chi connectivity index (χ2n) is 5.07. The minimum atomic E-state index is 0.803. The SMILES string of the molecule is NCCCC1CCCC(c2ccccc2)C1. The summed E-state index contributed by atoms with van der Waals surface area (Å²) >= 11 is 0. The van der Waals surface area contributed by atoms with Crippen LogP contribution in [-0.4, -0.2) is 6.54 Å². The Morgan fingerprint density at radius 2 is 1.94 bits per heavy atom. The van der Waals surface area contributed by atoms with Crippen molar-refractivity contribution in [1.82, 2.24) is 0 Å². The summed E-state index contributed by atoms with van der Waals surface area (Å²) in [5, 5.41) is 0. The van der Waals surface area contributed by atoms with E-state index in [0.717, 1.165) is 18.4 Å². The van der Waals surface area contributed by atoms with Gasteiger partial charge >= 0.3 is 0 Å². The highest BCUT2D eigenvalue weighted by molar-refractivity contribution is 5.19. The quantitative estimate of drug-likeness (QED) is 0.817. The third kappa shape index (κ3) is 3.08. The fourth-order valence-electron chi connectivity index (χ4n) is 2.99. The molecule has 1 heteroatoms. The highest BCUT2D eigenvalue weighted by Crippen LogP contribution is 2.37. The van der Waals surface area contributed by atoms with Gasteiger partial charge in [-0.25, -0.2) is 0 Å². The van der Waals surface area contributed by atoms with Gasteiger partial charge in [-0.05, 0) is 49.6 Å². The lowest BCUT2D eigenvalue weighted by Crippen LogP contribution is -2.15. The van der Waals surface area contributed by atoms with Crippen molar-refractivity contribution in [3.8, 4) is 0 Å². The van der Waals surface area contributed by atoms with Crippen LogP contribution in [0.4, 0.5) is 0 Å². The maximum atomic E-state index is 5.59. The molecule has 0 radical (unpaired) electrons. The van der Waals surface area contributed by atoms with E-state index in [-0.39, 0.29) is 0 Å². The molecule has 1 aromatic rings. The molecule has 2 N–H and O–H groups in total. The van der Waals surface area contributed by atoms with Gasteiger partial charge in [-0.2, -0.15) is 0 Å². The average molecular weight is 217 g/mol. The Morgan fingerprint density at radius 3 is 2.69 bits per heavy atom. The highest BCUT2D eigenvalue weighted by Gasteiger charge is 2.22. The molecule has 0 spiro atoms. The normalized spacial score (nSPS) is 25.6. The number of hydrogen-bond donors (Lipinski definition) is 1. The first kappa shape index (κ1) is 11.7. The van der Waals surface area contributed by atoms with E-state index in [1.807, 2.05) is 0 Å². The fraction of sp³-hybridized carbons (Fsp3) is 0.600. The van der Waals surface area contributed by atoms with Crippen LogP contribution in [0.2, 0.25) is 0 Å². The van der Waals surface area contributed by atoms with Gasteiger partial charge in [-0.15, -0.1) is 0 Å². The Morgan fingerprint density at radius 1 is 1.12 bits per heavy atom. The number of nitrogens with two attached hydrogens (primary N) is 1. The van der Waals surface area contributed by atoms with Gasteiger partial charge in [0.25, 0.3) is 0 Å². The van der Waals surface area contributed by atoms with Crippen molar-refractivity contribution in [1.29, 1.82) is 0 Å². The predicted molar refractivity (Wildman–Crippen MR) is 69.4 cm³/mol. The molecule has 0 amide bonds. The van der Waals surface area contributed by atoms with Crippen LogP contribution >= 0.6 is 0 Å². The van der Waals surface area contributed by atoms with Crippen molar-refractivity contribution in [2.75, 3.05) is 6.54 Å². The zero-order valence-electron chi connectivity index (χ0n) is 10.1. The Labute approximate surface area is 99.0 Å². The molecule has 0 heterocycles. The lowest BCUT2D eigenvalue weighted by atomic mass is 9.76. The summed E-state index contributed by atoms with van der Waals surface area (Å²) in [4.78, 5) is 0. The largest absolute Gasteiger partial charge is 0.330 e. The first-order chi connectivity index (χ1) is 7.90. The standard InChI is InChI=1S/C15H23N/c16-11-5-7-13-6-4-10-15(12-13)14-8-2-1-3-9-14/h1-3,8-9,13,15H,4-7,10-12,16H2. The second kappa shape index (κ2) is 6.05. The van der Waals surface area contributed by atoms with Gasteiger partial charge in [0.1, 0.15) is 0 Å². The van der Waals surface area contributed by atoms with Gasteiger partial charge in [0.15, 0.2) is 0 Å². The van der Waals surface area contributed by atoms with Gasteiger partial charge < -0.3 is 5.73 Å². The first-order valence-corrected chi connectivity index (χ1v) is 6.65. The summed E-state index contributed by atoms with van der Waals surface area (Å²) in [7, 11) is 0. The van der Waals surface area contributed by atoms with Crippen molar-refractivity contribution < 1.29 is 0 Å². The van der Waals surface area contributed by atoms with Gasteiger partial charge in [-0.1, -0.05) is 43.2 Å². The molecule has 1 aliphatic carbocycles. The minimum Gasteiger partial charge on any atom is -0.330 e. The molecule has 1 fully saturated rings. The van der Waals surface area contributed by atoms with E-state index >= 15 is 0 Å². The second-order valence-corrected chi connectivity index (χ2v) is 5.07. The minimum absolute atomic E-state index is 0.803. The molecule has 88 valence electrons. The van der Waals surface area contributed by atoms with E-state index in [1.54, 1.807) is 5.56 Å². The number of rotatable bonds is 4. The van der Waals surface area contributed by atoms with Crippen LogP contribution in [0.5, 0.6) is 0 Å². The lowest BCUT2D eigenvalue weighted by Gasteiger charge is -2.29. The van der Waals surface area contributed by atoms with Gasteiger partial charge in [0, 0.05) is 0 Å². The topological polar surface area (TPSA) is 26.0 Å². The van der Waals surface area contributed by atoms with Crippen LogP contribution in [0, 0.1) is 5.92 Å². The summed E-state index contributed by atoms with van der Waals surface area (Å²) < 4.78 is 0. The Bertz CT molecular complexity index is 294.